The van der Waals surface area contributed by atoms with Gasteiger partial charge in [-0.15, -0.1) is 0 Å². The van der Waals surface area contributed by atoms with Gasteiger partial charge in [-0.2, -0.15) is 0 Å². The zero-order valence-electron chi connectivity index (χ0n) is 5.08. The maximum Gasteiger partial charge on any atom is -1.00 e. The zero-order chi connectivity index (χ0) is 4.99. The normalized spacial score (nSPS) is 12.6. The molecule has 0 N–H and O–H groups in total. The van der Waals surface area contributed by atoms with Crippen LogP contribution in [0.4, 0.5) is 0 Å². The molecule has 0 bridgehead atoms. The van der Waals surface area contributed by atoms with Crippen LogP contribution in [0.5, 0.6) is 0 Å². The molecule has 0 rings (SSSR count). The first-order valence-corrected chi connectivity index (χ1v) is 4.70. The van der Waals surface area contributed by atoms with E-state index >= 15 is 0 Å². The standard InChI is InChI=1S/C5H11.BrH.Zn/c1-4-5(2)3;;/h5H,2,4H2,1,3H3;1H;/q;;+1/p-1. The van der Waals surface area contributed by atoms with Gasteiger partial charge in [-0.05, 0) is 0 Å². The Bertz CT molecular complexity index is 27.3. The number of hydrogen-bond donors (Lipinski definition) is 0. The molecule has 0 nitrogen and oxygen atoms in total. The molecule has 0 aliphatic rings. The monoisotopic (exact) mass is 214 g/mol. The molecule has 0 heterocycles. The van der Waals surface area contributed by atoms with Gasteiger partial charge in [0.05, 0.1) is 0 Å². The Kier molecular flexibility index (Phi) is 11.1. The van der Waals surface area contributed by atoms with Crippen molar-refractivity contribution in [3.05, 3.63) is 0 Å². The molecular weight excluding hydrogens is 205 g/mol. The molecule has 1 atom stereocenters. The molecule has 0 amide bonds. The van der Waals surface area contributed by atoms with E-state index in [-0.39, 0.29) is 17.0 Å². The van der Waals surface area contributed by atoms with Gasteiger partial charge in [-0.25, -0.2) is 0 Å². The smallest absolute Gasteiger partial charge is 1.00 e. The van der Waals surface area contributed by atoms with E-state index in [4.69, 9.17) is 0 Å². The summed E-state index contributed by atoms with van der Waals surface area (Å²) in [5.41, 5.74) is 0. The Morgan fingerprint density at radius 2 is 2.00 bits per heavy atom. The summed E-state index contributed by atoms with van der Waals surface area (Å²) in [5, 5.41) is 1.45. The van der Waals surface area contributed by atoms with Gasteiger partial charge in [0.25, 0.3) is 0 Å². The summed E-state index contributed by atoms with van der Waals surface area (Å²) >= 11 is 1.47. The number of rotatable bonds is 2. The van der Waals surface area contributed by atoms with Gasteiger partial charge in [0, 0.05) is 0 Å². The van der Waals surface area contributed by atoms with Crippen LogP contribution in [0, 0.1) is 5.92 Å². The van der Waals surface area contributed by atoms with E-state index in [1.165, 1.54) is 29.7 Å². The second-order valence-electron chi connectivity index (χ2n) is 1.80. The topological polar surface area (TPSA) is 0 Å². The fraction of sp³-hybridized carbons (Fsp3) is 1.00. The third kappa shape index (κ3) is 7.10. The average molecular weight is 216 g/mol. The first kappa shape index (κ1) is 11.0. The van der Waals surface area contributed by atoms with Crippen molar-refractivity contribution in [2.24, 2.45) is 5.92 Å². The molecule has 0 aromatic heterocycles. The Labute approximate surface area is 66.5 Å². The summed E-state index contributed by atoms with van der Waals surface area (Å²) in [6.07, 6.45) is 1.36. The molecule has 0 aliphatic carbocycles. The summed E-state index contributed by atoms with van der Waals surface area (Å²) in [6, 6.07) is 0. The van der Waals surface area contributed by atoms with E-state index in [0.717, 1.165) is 5.92 Å². The fourth-order valence-corrected chi connectivity index (χ4v) is 1.06. The maximum atomic E-state index is 2.31. The van der Waals surface area contributed by atoms with Gasteiger partial charge in [0.2, 0.25) is 0 Å². The molecule has 0 fully saturated rings. The maximum absolute atomic E-state index is 2.31. The average Bonchev–Trinajstić information content (AvgIpc) is 1.65. The molecule has 0 spiro atoms. The molecular formula is C5H11BrZn. The van der Waals surface area contributed by atoms with Crippen molar-refractivity contribution in [2.45, 2.75) is 25.3 Å². The fourth-order valence-electron chi connectivity index (χ4n) is 0.204. The van der Waals surface area contributed by atoms with E-state index < -0.39 is 0 Å². The predicted octanol–water partition coefficient (Wildman–Crippen LogP) is -0.998. The van der Waals surface area contributed by atoms with E-state index in [1.807, 2.05) is 0 Å². The summed E-state index contributed by atoms with van der Waals surface area (Å²) in [4.78, 5) is 0. The summed E-state index contributed by atoms with van der Waals surface area (Å²) in [5.74, 6) is 0.991. The quantitative estimate of drug-likeness (QED) is 0.520. The first-order valence-electron chi connectivity index (χ1n) is 2.60. The molecule has 1 unspecified atom stereocenters. The van der Waals surface area contributed by atoms with Crippen LogP contribution in [0.25, 0.3) is 0 Å². The Hall–Kier alpha value is 1.10. The van der Waals surface area contributed by atoms with E-state index in [2.05, 4.69) is 13.8 Å². The molecule has 40 valence electrons. The van der Waals surface area contributed by atoms with Gasteiger partial charge in [-0.1, -0.05) is 0 Å². The molecule has 0 aliphatic heterocycles. The molecule has 0 saturated carbocycles. The summed E-state index contributed by atoms with van der Waals surface area (Å²) in [7, 11) is 0. The molecule has 0 aromatic carbocycles. The van der Waals surface area contributed by atoms with Gasteiger partial charge < -0.3 is 17.0 Å². The third-order valence-corrected chi connectivity index (χ3v) is 3.26. The molecule has 2 heteroatoms. The second-order valence-corrected chi connectivity index (χ2v) is 3.01. The predicted molar refractivity (Wildman–Crippen MR) is 24.3 cm³/mol. The summed E-state index contributed by atoms with van der Waals surface area (Å²) < 4.78 is 0. The van der Waals surface area contributed by atoms with Crippen LogP contribution >= 0.6 is 0 Å². The van der Waals surface area contributed by atoms with E-state index in [9.17, 15) is 0 Å². The van der Waals surface area contributed by atoms with Crippen LogP contribution in [0.2, 0.25) is 5.02 Å². The second kappa shape index (κ2) is 7.10. The zero-order valence-corrected chi connectivity index (χ0v) is 9.63. The van der Waals surface area contributed by atoms with Gasteiger partial charge in [0.1, 0.15) is 0 Å². The minimum absolute atomic E-state index is 0. The Balaban J connectivity index is 0. The van der Waals surface area contributed by atoms with E-state index in [1.54, 1.807) is 0 Å². The van der Waals surface area contributed by atoms with Crippen LogP contribution in [-0.2, 0) is 18.3 Å². The molecule has 0 saturated heterocycles. The third-order valence-electron chi connectivity index (χ3n) is 1.19. The van der Waals surface area contributed by atoms with Gasteiger partial charge in [0.15, 0.2) is 0 Å². The molecule has 0 radical (unpaired) electrons. The Morgan fingerprint density at radius 3 is 2.00 bits per heavy atom. The molecule has 0 aromatic rings. The number of halogens is 1. The van der Waals surface area contributed by atoms with Crippen LogP contribution in [0.15, 0.2) is 0 Å². The SMILES string of the molecule is CCC(C)[CH2][Zn+].[Br-]. The van der Waals surface area contributed by atoms with Crippen molar-refractivity contribution >= 4 is 0 Å². The van der Waals surface area contributed by atoms with Crippen LogP contribution < -0.4 is 17.0 Å². The summed E-state index contributed by atoms with van der Waals surface area (Å²) in [6.45, 7) is 4.56. The van der Waals surface area contributed by atoms with Crippen molar-refractivity contribution in [3.63, 3.8) is 0 Å². The van der Waals surface area contributed by atoms with Crippen LogP contribution in [-0.4, -0.2) is 0 Å². The van der Waals surface area contributed by atoms with Crippen molar-refractivity contribution in [3.8, 4) is 0 Å². The first-order chi connectivity index (χ1) is 2.81. The van der Waals surface area contributed by atoms with Crippen LogP contribution in [0.3, 0.4) is 0 Å². The number of hydrogen-bond acceptors (Lipinski definition) is 0. The van der Waals surface area contributed by atoms with Crippen molar-refractivity contribution < 1.29 is 35.3 Å². The van der Waals surface area contributed by atoms with E-state index in [0.29, 0.717) is 0 Å². The van der Waals surface area contributed by atoms with Gasteiger partial charge >= 0.3 is 49.5 Å². The molecule has 7 heavy (non-hydrogen) atoms. The van der Waals surface area contributed by atoms with Gasteiger partial charge in [-0.3, -0.25) is 0 Å². The largest absolute Gasteiger partial charge is 1.00 e. The Morgan fingerprint density at radius 1 is 1.57 bits per heavy atom. The minimum atomic E-state index is 0. The van der Waals surface area contributed by atoms with Crippen molar-refractivity contribution in [1.82, 2.24) is 0 Å². The van der Waals surface area contributed by atoms with Crippen LogP contribution in [0.1, 0.15) is 20.3 Å². The van der Waals surface area contributed by atoms with Crippen molar-refractivity contribution in [1.29, 1.82) is 0 Å². The van der Waals surface area contributed by atoms with Crippen molar-refractivity contribution in [2.75, 3.05) is 0 Å². The minimum Gasteiger partial charge on any atom is -1.00 e.